The Labute approximate surface area is 79.9 Å². The SMILES string of the molecule is C=CCCC(=O)C1=CCCN(C)C1. The lowest BCUT2D eigenvalue weighted by Crippen LogP contribution is -2.28. The van der Waals surface area contributed by atoms with Crippen molar-refractivity contribution in [2.24, 2.45) is 0 Å². The maximum absolute atomic E-state index is 11.6. The summed E-state index contributed by atoms with van der Waals surface area (Å²) in [7, 11) is 2.05. The molecule has 1 aliphatic rings. The van der Waals surface area contributed by atoms with Gasteiger partial charge in [-0.3, -0.25) is 4.79 Å². The van der Waals surface area contributed by atoms with Crippen LogP contribution in [0.1, 0.15) is 19.3 Å². The Bertz CT molecular complexity index is 230. The highest BCUT2D eigenvalue weighted by molar-refractivity contribution is 5.95. The Balaban J connectivity index is 2.46. The third kappa shape index (κ3) is 3.15. The Morgan fingerprint density at radius 2 is 2.54 bits per heavy atom. The van der Waals surface area contributed by atoms with Crippen LogP contribution in [0.5, 0.6) is 0 Å². The summed E-state index contributed by atoms with van der Waals surface area (Å²) >= 11 is 0. The first kappa shape index (κ1) is 10.2. The molecule has 1 aliphatic heterocycles. The van der Waals surface area contributed by atoms with Crippen LogP contribution >= 0.6 is 0 Å². The highest BCUT2D eigenvalue weighted by atomic mass is 16.1. The first-order valence-electron chi connectivity index (χ1n) is 4.75. The van der Waals surface area contributed by atoms with Crippen molar-refractivity contribution >= 4 is 5.78 Å². The minimum Gasteiger partial charge on any atom is -0.302 e. The summed E-state index contributed by atoms with van der Waals surface area (Å²) in [5.74, 6) is 0.284. The summed E-state index contributed by atoms with van der Waals surface area (Å²) in [5, 5.41) is 0. The van der Waals surface area contributed by atoms with E-state index in [1.54, 1.807) is 6.08 Å². The standard InChI is InChI=1S/C11H17NO/c1-3-4-7-11(13)10-6-5-8-12(2)9-10/h3,6H,1,4-5,7-9H2,2H3. The molecular formula is C11H17NO. The van der Waals surface area contributed by atoms with Gasteiger partial charge in [0.05, 0.1) is 0 Å². The zero-order valence-electron chi connectivity index (χ0n) is 8.25. The molecule has 0 N–H and O–H groups in total. The molecule has 0 spiro atoms. The van der Waals surface area contributed by atoms with Gasteiger partial charge in [0.25, 0.3) is 0 Å². The molecule has 0 radical (unpaired) electrons. The summed E-state index contributed by atoms with van der Waals surface area (Å²) in [5.41, 5.74) is 0.982. The molecular weight excluding hydrogens is 162 g/mol. The van der Waals surface area contributed by atoms with Crippen molar-refractivity contribution < 1.29 is 4.79 Å². The van der Waals surface area contributed by atoms with Gasteiger partial charge in [-0.15, -0.1) is 6.58 Å². The number of Topliss-reactive ketones (excluding diaryl/α,β-unsaturated/α-hetero) is 1. The molecule has 1 rings (SSSR count). The van der Waals surface area contributed by atoms with E-state index in [2.05, 4.69) is 17.6 Å². The van der Waals surface area contributed by atoms with Crippen molar-refractivity contribution in [1.82, 2.24) is 4.90 Å². The molecule has 1 heterocycles. The molecule has 0 atom stereocenters. The van der Waals surface area contributed by atoms with Crippen molar-refractivity contribution in [1.29, 1.82) is 0 Å². The van der Waals surface area contributed by atoms with Crippen LogP contribution in [0, 0.1) is 0 Å². The molecule has 0 aromatic rings. The predicted octanol–water partition coefficient (Wildman–Crippen LogP) is 1.78. The highest BCUT2D eigenvalue weighted by Crippen LogP contribution is 2.11. The summed E-state index contributed by atoms with van der Waals surface area (Å²) < 4.78 is 0. The fraction of sp³-hybridized carbons (Fsp3) is 0.545. The van der Waals surface area contributed by atoms with Crippen molar-refractivity contribution in [3.63, 3.8) is 0 Å². The zero-order valence-corrected chi connectivity index (χ0v) is 8.25. The van der Waals surface area contributed by atoms with Crippen LogP contribution in [0.4, 0.5) is 0 Å². The van der Waals surface area contributed by atoms with Crippen LogP contribution in [0.3, 0.4) is 0 Å². The molecule has 13 heavy (non-hydrogen) atoms. The third-order valence-electron chi connectivity index (χ3n) is 2.28. The van der Waals surface area contributed by atoms with Gasteiger partial charge < -0.3 is 4.90 Å². The van der Waals surface area contributed by atoms with Crippen molar-refractivity contribution in [3.05, 3.63) is 24.3 Å². The summed E-state index contributed by atoms with van der Waals surface area (Å²) in [6.07, 6.45) is 6.28. The summed E-state index contributed by atoms with van der Waals surface area (Å²) in [6, 6.07) is 0. The van der Waals surface area contributed by atoms with E-state index < -0.39 is 0 Å². The molecule has 72 valence electrons. The van der Waals surface area contributed by atoms with Crippen molar-refractivity contribution in [2.75, 3.05) is 20.1 Å². The van der Waals surface area contributed by atoms with Gasteiger partial charge in [-0.2, -0.15) is 0 Å². The number of rotatable bonds is 4. The maximum atomic E-state index is 11.6. The number of ketones is 1. The van der Waals surface area contributed by atoms with Crippen molar-refractivity contribution in [3.8, 4) is 0 Å². The van der Waals surface area contributed by atoms with E-state index in [9.17, 15) is 4.79 Å². The maximum Gasteiger partial charge on any atom is 0.160 e. The van der Waals surface area contributed by atoms with Gasteiger partial charge in [0.2, 0.25) is 0 Å². The molecule has 0 aromatic carbocycles. The second-order valence-corrected chi connectivity index (χ2v) is 3.51. The molecule has 0 saturated heterocycles. The van der Waals surface area contributed by atoms with Gasteiger partial charge in [-0.25, -0.2) is 0 Å². The molecule has 0 amide bonds. The number of likely N-dealkylation sites (N-methyl/N-ethyl adjacent to an activating group) is 1. The molecule has 0 bridgehead atoms. The molecule has 2 heteroatoms. The fourth-order valence-corrected chi connectivity index (χ4v) is 1.49. The van der Waals surface area contributed by atoms with Crippen LogP contribution in [0.25, 0.3) is 0 Å². The lowest BCUT2D eigenvalue weighted by molar-refractivity contribution is -0.115. The molecule has 0 saturated carbocycles. The van der Waals surface area contributed by atoms with Crippen LogP contribution in [0.2, 0.25) is 0 Å². The lowest BCUT2D eigenvalue weighted by atomic mass is 10.0. The third-order valence-corrected chi connectivity index (χ3v) is 2.28. The average Bonchev–Trinajstić information content (AvgIpc) is 2.14. The number of hydrogen-bond acceptors (Lipinski definition) is 2. The van der Waals surface area contributed by atoms with E-state index in [1.165, 1.54) is 0 Å². The molecule has 2 nitrogen and oxygen atoms in total. The minimum absolute atomic E-state index is 0.284. The van der Waals surface area contributed by atoms with E-state index >= 15 is 0 Å². The molecule has 0 aliphatic carbocycles. The average molecular weight is 179 g/mol. The van der Waals surface area contributed by atoms with Crippen molar-refractivity contribution in [2.45, 2.75) is 19.3 Å². The van der Waals surface area contributed by atoms with Gasteiger partial charge in [-0.1, -0.05) is 12.2 Å². The summed E-state index contributed by atoms with van der Waals surface area (Å²) in [6.45, 7) is 5.49. The van der Waals surface area contributed by atoms with E-state index in [0.717, 1.165) is 31.5 Å². The number of nitrogens with zero attached hydrogens (tertiary/aromatic N) is 1. The predicted molar refractivity (Wildman–Crippen MR) is 54.6 cm³/mol. The van der Waals surface area contributed by atoms with Crippen LogP contribution in [-0.4, -0.2) is 30.8 Å². The number of allylic oxidation sites excluding steroid dienone is 1. The number of carbonyl (C=O) groups excluding carboxylic acids is 1. The fourth-order valence-electron chi connectivity index (χ4n) is 1.49. The van der Waals surface area contributed by atoms with E-state index in [-0.39, 0.29) is 5.78 Å². The highest BCUT2D eigenvalue weighted by Gasteiger charge is 2.14. The van der Waals surface area contributed by atoms with Gasteiger partial charge in [0.15, 0.2) is 5.78 Å². The molecule has 0 unspecified atom stereocenters. The number of hydrogen-bond donors (Lipinski definition) is 0. The first-order chi connectivity index (χ1) is 6.24. The van der Waals surface area contributed by atoms with E-state index in [4.69, 9.17) is 0 Å². The molecule has 0 fully saturated rings. The van der Waals surface area contributed by atoms with Crippen LogP contribution in [-0.2, 0) is 4.79 Å². The van der Waals surface area contributed by atoms with Gasteiger partial charge in [-0.05, 0) is 19.9 Å². The second-order valence-electron chi connectivity index (χ2n) is 3.51. The van der Waals surface area contributed by atoms with E-state index in [1.807, 2.05) is 7.05 Å². The van der Waals surface area contributed by atoms with Crippen LogP contribution < -0.4 is 0 Å². The first-order valence-corrected chi connectivity index (χ1v) is 4.75. The Morgan fingerprint density at radius 1 is 1.77 bits per heavy atom. The Hall–Kier alpha value is -0.890. The summed E-state index contributed by atoms with van der Waals surface area (Å²) in [4.78, 5) is 13.7. The largest absolute Gasteiger partial charge is 0.302 e. The normalized spacial score (nSPS) is 18.1. The van der Waals surface area contributed by atoms with Gasteiger partial charge >= 0.3 is 0 Å². The lowest BCUT2D eigenvalue weighted by Gasteiger charge is -2.21. The topological polar surface area (TPSA) is 20.3 Å². The van der Waals surface area contributed by atoms with Gasteiger partial charge in [0.1, 0.15) is 0 Å². The molecule has 0 aromatic heterocycles. The van der Waals surface area contributed by atoms with E-state index in [0.29, 0.717) is 6.42 Å². The van der Waals surface area contributed by atoms with Crippen LogP contribution in [0.15, 0.2) is 24.3 Å². The smallest absolute Gasteiger partial charge is 0.160 e. The zero-order chi connectivity index (χ0) is 9.68. The Morgan fingerprint density at radius 3 is 3.15 bits per heavy atom. The Kier molecular flexibility index (Phi) is 3.90. The number of carbonyl (C=O) groups is 1. The second kappa shape index (κ2) is 4.97. The quantitative estimate of drug-likeness (QED) is 0.613. The monoisotopic (exact) mass is 179 g/mol. The minimum atomic E-state index is 0.284. The van der Waals surface area contributed by atoms with Gasteiger partial charge in [0, 0.05) is 25.1 Å².